The molecule has 20 heterocycles. The van der Waals surface area contributed by atoms with Crippen molar-refractivity contribution in [2.75, 3.05) is 19.8 Å². The van der Waals surface area contributed by atoms with E-state index in [9.17, 15) is 20.1 Å². The lowest BCUT2D eigenvalue weighted by Gasteiger charge is -2.14. The van der Waals surface area contributed by atoms with Gasteiger partial charge in [-0.1, -0.05) is 39.5 Å². The molecule has 40 nitrogen and oxygen atoms in total. The van der Waals surface area contributed by atoms with E-state index in [1.54, 1.807) is 127 Å². The molecule has 1 saturated carbocycles. The molecule has 0 aromatic carbocycles. The molecule has 0 spiro atoms. The number of aliphatic hydroxyl groups excluding tert-OH is 2. The fraction of sp³-hybridized carbons (Fsp3) is 0.299. The van der Waals surface area contributed by atoms with Gasteiger partial charge in [0.1, 0.15) is 12.3 Å². The van der Waals surface area contributed by atoms with Crippen LogP contribution in [0, 0.1) is 0 Å². The van der Waals surface area contributed by atoms with Gasteiger partial charge in [0.05, 0.1) is 240 Å². The van der Waals surface area contributed by atoms with Gasteiger partial charge in [0.2, 0.25) is 0 Å². The van der Waals surface area contributed by atoms with Crippen molar-refractivity contribution in [2.24, 2.45) is 35.2 Å². The number of hydrogen-bond acceptors (Lipinski definition) is 24. The van der Waals surface area contributed by atoms with Crippen LogP contribution in [0.4, 0.5) is 0 Å². The SMILES string of the molecule is CC(CO)n1cc(-c2nc(-c3cnn(C)c3)cn3nccc23)cn1.CCC(C(=O)O)n1cc(-c2nc(-c3cnn(C)c3)cn3nccc23)cn1.CCC(CO)n1cc(-c2nc(-c3cnn(C)c3)cn3nccc23)cn1.CCOC(C)n1cc(-c2nc(-c3cnn(C)c3)cn3nccc23)cn1.Cn1cc(-c2cn3nccc3c(-c3cnn(C4CCCCCC4)c3)n2)cn1. The zero-order valence-corrected chi connectivity index (χ0v) is 71.7. The van der Waals surface area contributed by atoms with Gasteiger partial charge in [-0.15, -0.1) is 0 Å². The Morgan fingerprint density at radius 1 is 0.354 bits per heavy atom. The topological polar surface area (TPSA) is 416 Å². The van der Waals surface area contributed by atoms with Gasteiger partial charge in [-0.25, -0.2) is 57.0 Å². The van der Waals surface area contributed by atoms with Crippen LogP contribution in [-0.4, -0.2) is 212 Å². The Bertz CT molecular complexity index is 7120. The van der Waals surface area contributed by atoms with Gasteiger partial charge in [-0.2, -0.15) is 76.5 Å². The summed E-state index contributed by atoms with van der Waals surface area (Å²) in [7, 11) is 9.39. The van der Waals surface area contributed by atoms with Crippen LogP contribution in [0.15, 0.2) is 216 Å². The zero-order valence-electron chi connectivity index (χ0n) is 71.7. The summed E-state index contributed by atoms with van der Waals surface area (Å²) < 4.78 is 32.3. The number of aliphatic carboxylic acids is 1. The van der Waals surface area contributed by atoms with Gasteiger partial charge >= 0.3 is 5.97 Å². The third kappa shape index (κ3) is 18.1. The monoisotopic (exact) mass is 1710 g/mol. The molecule has 0 amide bonds. The van der Waals surface area contributed by atoms with E-state index >= 15 is 0 Å². The molecule has 21 rings (SSSR count). The normalized spacial score (nSPS) is 13.4. The molecule has 3 N–H and O–H groups in total. The van der Waals surface area contributed by atoms with Crippen LogP contribution in [0.25, 0.3) is 140 Å². The summed E-state index contributed by atoms with van der Waals surface area (Å²) in [6.45, 7) is 10.4. The number of nitrogens with zero attached hydrogens (tertiary/aromatic N) is 35. The lowest BCUT2D eigenvalue weighted by Crippen LogP contribution is -2.18. The van der Waals surface area contributed by atoms with Gasteiger partial charge in [0.15, 0.2) is 0 Å². The highest BCUT2D eigenvalue weighted by Crippen LogP contribution is 2.35. The number of carboxylic acid groups (broad SMARTS) is 1. The molecule has 648 valence electrons. The molecule has 0 aliphatic heterocycles. The molecule has 40 heteroatoms. The number of aromatic nitrogens is 35. The highest BCUT2D eigenvalue weighted by Gasteiger charge is 2.25. The summed E-state index contributed by atoms with van der Waals surface area (Å²) in [4.78, 5) is 35.5. The fourth-order valence-electron chi connectivity index (χ4n) is 15.3. The Morgan fingerprint density at radius 3 is 0.976 bits per heavy atom. The molecular weight excluding hydrogens is 1620 g/mol. The second-order valence-corrected chi connectivity index (χ2v) is 31.0. The van der Waals surface area contributed by atoms with Crippen LogP contribution in [0.2, 0.25) is 0 Å². The number of fused-ring (bicyclic) bond motifs is 5. The summed E-state index contributed by atoms with van der Waals surface area (Å²) >= 11 is 0. The maximum Gasteiger partial charge on any atom is 0.328 e. The number of rotatable bonds is 22. The molecule has 0 radical (unpaired) electrons. The van der Waals surface area contributed by atoms with Crippen molar-refractivity contribution in [3.63, 3.8) is 0 Å². The first-order chi connectivity index (χ1) is 61.8. The molecule has 1 aliphatic rings. The molecule has 4 atom stereocenters. The molecule has 0 bridgehead atoms. The predicted molar refractivity (Wildman–Crippen MR) is 470 cm³/mol. The first-order valence-electron chi connectivity index (χ1n) is 41.8. The third-order valence-corrected chi connectivity index (χ3v) is 22.1. The van der Waals surface area contributed by atoms with E-state index in [0.29, 0.717) is 24.8 Å². The van der Waals surface area contributed by atoms with Gasteiger partial charge in [0, 0.05) is 159 Å². The Morgan fingerprint density at radius 2 is 0.661 bits per heavy atom. The van der Waals surface area contributed by atoms with Crippen molar-refractivity contribution in [3.05, 3.63) is 216 Å². The van der Waals surface area contributed by atoms with Crippen LogP contribution >= 0.6 is 0 Å². The minimum absolute atomic E-state index is 0.0313. The van der Waals surface area contributed by atoms with Crippen molar-refractivity contribution in [2.45, 2.75) is 116 Å². The molecule has 20 aromatic rings. The lowest BCUT2D eigenvalue weighted by atomic mass is 10.1. The highest BCUT2D eigenvalue weighted by molar-refractivity contribution is 5.83. The van der Waals surface area contributed by atoms with Crippen molar-refractivity contribution < 1.29 is 24.9 Å². The smallest absolute Gasteiger partial charge is 0.328 e. The van der Waals surface area contributed by atoms with Gasteiger partial charge < -0.3 is 20.1 Å². The van der Waals surface area contributed by atoms with Crippen molar-refractivity contribution in [3.8, 4) is 113 Å². The van der Waals surface area contributed by atoms with Crippen LogP contribution in [0.3, 0.4) is 0 Å². The molecule has 1 fully saturated rings. The van der Waals surface area contributed by atoms with E-state index in [4.69, 9.17) is 29.7 Å². The average Bonchev–Trinajstić information content (AvgIpc) is 1.70. The van der Waals surface area contributed by atoms with Crippen LogP contribution in [0.1, 0.15) is 116 Å². The molecule has 127 heavy (non-hydrogen) atoms. The van der Waals surface area contributed by atoms with E-state index < -0.39 is 12.0 Å². The molecule has 0 saturated heterocycles. The Kier molecular flexibility index (Phi) is 24.4. The molecule has 1 aliphatic carbocycles. The molecular formula is C87H95N35O5. The summed E-state index contributed by atoms with van der Waals surface area (Å²) in [6, 6.07) is 9.34. The second-order valence-electron chi connectivity index (χ2n) is 31.0. The van der Waals surface area contributed by atoms with E-state index in [2.05, 4.69) is 87.4 Å². The first kappa shape index (κ1) is 83.8. The number of ether oxygens (including phenoxy) is 1. The minimum Gasteiger partial charge on any atom is -0.480 e. The van der Waals surface area contributed by atoms with Crippen molar-refractivity contribution >= 4 is 33.6 Å². The number of aliphatic hydroxyl groups is 2. The van der Waals surface area contributed by atoms with Crippen LogP contribution < -0.4 is 0 Å². The van der Waals surface area contributed by atoms with Crippen LogP contribution in [0.5, 0.6) is 0 Å². The largest absolute Gasteiger partial charge is 0.480 e. The summed E-state index contributed by atoms with van der Waals surface area (Å²) in [5, 5.41) is 93.1. The quantitative estimate of drug-likeness (QED) is 0.0530. The summed E-state index contributed by atoms with van der Waals surface area (Å²) in [5.41, 5.74) is 21.7. The maximum atomic E-state index is 11.4. The van der Waals surface area contributed by atoms with Crippen molar-refractivity contribution in [1.29, 1.82) is 0 Å². The lowest BCUT2D eigenvalue weighted by molar-refractivity contribution is -0.141. The number of carboxylic acids is 1. The number of hydrogen-bond donors (Lipinski definition) is 3. The second kappa shape index (κ2) is 36.9. The number of aryl methyl sites for hydroxylation is 5. The van der Waals surface area contributed by atoms with Crippen molar-refractivity contribution in [1.82, 2.24) is 171 Å². The summed E-state index contributed by atoms with van der Waals surface area (Å²) in [5.74, 6) is -0.909. The van der Waals surface area contributed by atoms with E-state index in [-0.39, 0.29) is 31.5 Å². The minimum atomic E-state index is -0.909. The van der Waals surface area contributed by atoms with E-state index in [1.807, 2.05) is 213 Å². The first-order valence-corrected chi connectivity index (χ1v) is 41.8. The Balaban J connectivity index is 0.000000112. The Hall–Kier alpha value is -15.5. The third-order valence-electron chi connectivity index (χ3n) is 22.1. The standard InChI is InChI=1S/C20H23N7.C17H17N7O2.2C17H19N7O.C16H17N7O/c1-25-12-15(10-22-25)18-14-27-19(8-9-21-27)20(24-18)16-11-23-26(13-16)17-6-4-2-3-5-7-17;1-3-14(17(25)26)23-9-12(7-20-23)16-15-4-5-18-24(15)10-13(21-16)11-6-19-22(2)8-11;1-4-25-12(2)23-10-14(8-20-23)17-16-5-6-18-24(16)11-15(21-17)13-7-19-22(3)9-13;1-3-14(11-25)23-9-13(7-20-23)17-16-4-5-18-24(16)10-15(21-17)12-6-19-22(2)8-12;1-11(10-24)22-8-13(6-19-22)16-15-3-4-17-23(15)9-14(20-16)12-5-18-21(2)7-12/h8-14,17H,2-7H2,1H3;4-10,14H,3H2,1-2H3,(H,25,26);5-12H,4H2,1-3H3;4-10,14,25H,3,11H2,1-2H3;3-9,11,24H,10H2,1-2H3. The molecule has 4 unspecified atom stereocenters. The maximum absolute atomic E-state index is 11.4. The van der Waals surface area contributed by atoms with E-state index in [1.165, 1.54) is 43.2 Å². The predicted octanol–water partition coefficient (Wildman–Crippen LogP) is 11.9. The van der Waals surface area contributed by atoms with Gasteiger partial charge in [-0.05, 0) is 76.8 Å². The molecule has 20 aromatic heterocycles. The van der Waals surface area contributed by atoms with Crippen LogP contribution in [-0.2, 0) is 44.8 Å². The van der Waals surface area contributed by atoms with Gasteiger partial charge in [-0.3, -0.25) is 42.1 Å². The zero-order chi connectivity index (χ0) is 87.9. The average molecular weight is 1710 g/mol. The highest BCUT2D eigenvalue weighted by atomic mass is 16.5. The fourth-order valence-corrected chi connectivity index (χ4v) is 15.3. The summed E-state index contributed by atoms with van der Waals surface area (Å²) in [6.07, 6.45) is 64.1. The Labute approximate surface area is 725 Å². The van der Waals surface area contributed by atoms with E-state index in [0.717, 1.165) is 141 Å². The number of carbonyl (C=O) groups is 1. The van der Waals surface area contributed by atoms with Gasteiger partial charge in [0.25, 0.3) is 0 Å².